The van der Waals surface area contributed by atoms with Crippen LogP contribution in [0.15, 0.2) is 53.6 Å². The van der Waals surface area contributed by atoms with Gasteiger partial charge in [0.1, 0.15) is 13.2 Å². The number of nitrogens with zero attached hydrogens (tertiary/aromatic N) is 3. The molecular formula is C22H20ClN3O5. The Morgan fingerprint density at radius 1 is 1.19 bits per heavy atom. The SMILES string of the molecule is CCOC(=O)COC1(c2ccccc2)C2=NN(C(C)=O)CC(=O)N2c2ccc(Cl)cc21. The average Bonchev–Trinajstić information content (AvgIpc) is 3.03. The third-order valence-corrected chi connectivity index (χ3v) is 5.35. The Bertz CT molecular complexity index is 1090. The first-order valence-corrected chi connectivity index (χ1v) is 10.1. The van der Waals surface area contributed by atoms with Crippen LogP contribution in [0.4, 0.5) is 5.69 Å². The Balaban J connectivity index is 1.98. The maximum absolute atomic E-state index is 13.1. The Kier molecular flexibility index (Phi) is 5.51. The number of fused-ring (bicyclic) bond motifs is 3. The van der Waals surface area contributed by atoms with Gasteiger partial charge in [-0.1, -0.05) is 41.9 Å². The molecule has 0 bridgehead atoms. The highest BCUT2D eigenvalue weighted by Gasteiger charge is 2.56. The van der Waals surface area contributed by atoms with E-state index in [1.165, 1.54) is 11.8 Å². The van der Waals surface area contributed by atoms with Gasteiger partial charge in [-0.25, -0.2) is 9.80 Å². The van der Waals surface area contributed by atoms with Gasteiger partial charge >= 0.3 is 5.97 Å². The monoisotopic (exact) mass is 441 g/mol. The van der Waals surface area contributed by atoms with E-state index in [-0.39, 0.29) is 30.8 Å². The third-order valence-electron chi connectivity index (χ3n) is 5.11. The van der Waals surface area contributed by atoms with Crippen molar-refractivity contribution >= 4 is 40.9 Å². The van der Waals surface area contributed by atoms with Crippen molar-refractivity contribution in [2.45, 2.75) is 19.4 Å². The molecule has 2 aliphatic rings. The molecule has 0 saturated heterocycles. The lowest BCUT2D eigenvalue weighted by molar-refractivity contribution is -0.151. The highest BCUT2D eigenvalue weighted by Crippen LogP contribution is 2.49. The number of hydrogen-bond donors (Lipinski definition) is 0. The molecule has 0 N–H and O–H groups in total. The molecule has 0 fully saturated rings. The Morgan fingerprint density at radius 3 is 2.61 bits per heavy atom. The minimum atomic E-state index is -1.45. The summed E-state index contributed by atoms with van der Waals surface area (Å²) < 4.78 is 11.3. The second-order valence-electron chi connectivity index (χ2n) is 7.03. The van der Waals surface area contributed by atoms with Gasteiger partial charge in [0, 0.05) is 17.5 Å². The molecule has 0 saturated carbocycles. The van der Waals surface area contributed by atoms with E-state index in [4.69, 9.17) is 21.1 Å². The minimum absolute atomic E-state index is 0.173. The van der Waals surface area contributed by atoms with Gasteiger partial charge in [0.05, 0.1) is 12.3 Å². The quantitative estimate of drug-likeness (QED) is 0.665. The van der Waals surface area contributed by atoms with E-state index in [1.54, 1.807) is 37.3 Å². The van der Waals surface area contributed by atoms with E-state index in [2.05, 4.69) is 5.10 Å². The number of amidine groups is 1. The van der Waals surface area contributed by atoms with Crippen molar-refractivity contribution < 1.29 is 23.9 Å². The van der Waals surface area contributed by atoms with Gasteiger partial charge in [-0.2, -0.15) is 5.10 Å². The average molecular weight is 442 g/mol. The summed E-state index contributed by atoms with van der Waals surface area (Å²) in [5.41, 5.74) is 0.261. The number of carbonyl (C=O) groups excluding carboxylic acids is 3. The van der Waals surface area contributed by atoms with Crippen molar-refractivity contribution in [2.24, 2.45) is 5.10 Å². The van der Waals surface area contributed by atoms with E-state index >= 15 is 0 Å². The van der Waals surface area contributed by atoms with Crippen molar-refractivity contribution in [3.05, 3.63) is 64.7 Å². The lowest BCUT2D eigenvalue weighted by Crippen LogP contribution is -2.54. The van der Waals surface area contributed by atoms with Crippen molar-refractivity contribution in [1.29, 1.82) is 0 Å². The van der Waals surface area contributed by atoms with Crippen LogP contribution in [0.5, 0.6) is 0 Å². The fourth-order valence-corrected chi connectivity index (χ4v) is 4.00. The number of rotatable bonds is 5. The van der Waals surface area contributed by atoms with Crippen LogP contribution in [0.3, 0.4) is 0 Å². The zero-order chi connectivity index (χ0) is 22.2. The number of halogens is 1. The predicted octanol–water partition coefficient (Wildman–Crippen LogP) is 2.69. The summed E-state index contributed by atoms with van der Waals surface area (Å²) in [7, 11) is 0. The van der Waals surface area contributed by atoms with Crippen LogP contribution in [-0.4, -0.2) is 48.4 Å². The molecule has 2 aromatic carbocycles. The number of ether oxygens (including phenoxy) is 2. The highest BCUT2D eigenvalue weighted by atomic mass is 35.5. The van der Waals surface area contributed by atoms with Gasteiger partial charge in [-0.05, 0) is 30.7 Å². The second kappa shape index (κ2) is 8.13. The number of amides is 2. The molecule has 1 unspecified atom stereocenters. The van der Waals surface area contributed by atoms with Gasteiger partial charge < -0.3 is 9.47 Å². The lowest BCUT2D eigenvalue weighted by Gasteiger charge is -2.35. The van der Waals surface area contributed by atoms with E-state index < -0.39 is 18.2 Å². The molecule has 8 nitrogen and oxygen atoms in total. The molecule has 4 rings (SSSR count). The molecule has 31 heavy (non-hydrogen) atoms. The second-order valence-corrected chi connectivity index (χ2v) is 7.47. The van der Waals surface area contributed by atoms with Crippen LogP contribution in [-0.2, 0) is 29.5 Å². The molecule has 160 valence electrons. The van der Waals surface area contributed by atoms with E-state index in [0.717, 1.165) is 5.01 Å². The van der Waals surface area contributed by atoms with Gasteiger partial charge in [-0.15, -0.1) is 0 Å². The third kappa shape index (κ3) is 3.47. The van der Waals surface area contributed by atoms with Crippen molar-refractivity contribution in [3.8, 4) is 0 Å². The summed E-state index contributed by atoms with van der Waals surface area (Å²) in [5, 5.41) is 5.99. The summed E-state index contributed by atoms with van der Waals surface area (Å²) in [6, 6.07) is 14.1. The molecule has 0 radical (unpaired) electrons. The van der Waals surface area contributed by atoms with Crippen LogP contribution < -0.4 is 4.90 Å². The molecule has 0 aromatic heterocycles. The molecule has 0 aliphatic carbocycles. The van der Waals surface area contributed by atoms with E-state index in [9.17, 15) is 14.4 Å². The van der Waals surface area contributed by atoms with Crippen LogP contribution >= 0.6 is 11.6 Å². The molecule has 2 aliphatic heterocycles. The van der Waals surface area contributed by atoms with Crippen LogP contribution in [0, 0.1) is 0 Å². The van der Waals surface area contributed by atoms with Crippen LogP contribution in [0.2, 0.25) is 5.02 Å². The van der Waals surface area contributed by atoms with Crippen LogP contribution in [0.25, 0.3) is 0 Å². The summed E-state index contributed by atoms with van der Waals surface area (Å²) in [5.74, 6) is -1.12. The molecule has 1 atom stereocenters. The molecule has 2 aromatic rings. The minimum Gasteiger partial charge on any atom is -0.464 e. The first-order valence-electron chi connectivity index (χ1n) is 9.73. The van der Waals surface area contributed by atoms with Gasteiger partial charge in [-0.3, -0.25) is 14.5 Å². The van der Waals surface area contributed by atoms with Gasteiger partial charge in [0.15, 0.2) is 11.4 Å². The largest absolute Gasteiger partial charge is 0.464 e. The molecule has 2 heterocycles. The summed E-state index contributed by atoms with van der Waals surface area (Å²) in [4.78, 5) is 38.8. The topological polar surface area (TPSA) is 88.5 Å². The Labute approximate surface area is 184 Å². The first kappa shape index (κ1) is 21.0. The summed E-state index contributed by atoms with van der Waals surface area (Å²) >= 11 is 6.31. The van der Waals surface area contributed by atoms with Gasteiger partial charge in [0.2, 0.25) is 5.91 Å². The smallest absolute Gasteiger partial charge is 0.332 e. The normalized spacial score (nSPS) is 19.6. The summed E-state index contributed by atoms with van der Waals surface area (Å²) in [6.45, 7) is 2.63. The van der Waals surface area contributed by atoms with Crippen molar-refractivity contribution in [1.82, 2.24) is 5.01 Å². The molecular weight excluding hydrogens is 422 g/mol. The lowest BCUT2D eigenvalue weighted by atomic mass is 9.86. The number of hydrogen-bond acceptors (Lipinski definition) is 6. The first-order chi connectivity index (χ1) is 14.9. The number of esters is 1. The maximum atomic E-state index is 13.1. The molecule has 2 amide bonds. The fraction of sp³-hybridized carbons (Fsp3) is 0.273. The van der Waals surface area contributed by atoms with Crippen molar-refractivity contribution in [2.75, 3.05) is 24.7 Å². The molecule has 9 heteroatoms. The van der Waals surface area contributed by atoms with E-state index in [0.29, 0.717) is 21.8 Å². The number of benzene rings is 2. The zero-order valence-corrected chi connectivity index (χ0v) is 17.8. The maximum Gasteiger partial charge on any atom is 0.332 e. The van der Waals surface area contributed by atoms with Crippen LogP contribution in [0.1, 0.15) is 25.0 Å². The van der Waals surface area contributed by atoms with Crippen molar-refractivity contribution in [3.63, 3.8) is 0 Å². The number of hydrazone groups is 1. The highest BCUT2D eigenvalue weighted by molar-refractivity contribution is 6.32. The molecule has 0 spiro atoms. The number of anilines is 1. The predicted molar refractivity (Wildman–Crippen MR) is 114 cm³/mol. The fourth-order valence-electron chi connectivity index (χ4n) is 3.83. The Morgan fingerprint density at radius 2 is 1.94 bits per heavy atom. The summed E-state index contributed by atoms with van der Waals surface area (Å²) in [6.07, 6.45) is 0. The Hall–Kier alpha value is -3.23. The number of carbonyl (C=O) groups is 3. The van der Waals surface area contributed by atoms with E-state index in [1.807, 2.05) is 18.2 Å². The zero-order valence-electron chi connectivity index (χ0n) is 17.0. The standard InChI is InChI=1S/C22H20ClN3O5/c1-3-30-20(29)13-31-22(15-7-5-4-6-8-15)17-11-16(23)9-10-18(17)26-19(28)12-25(14(2)27)24-21(22)26/h4-11H,3,12-13H2,1-2H3. The van der Waals surface area contributed by atoms with Gasteiger partial charge in [0.25, 0.3) is 5.91 Å².